The van der Waals surface area contributed by atoms with Crippen LogP contribution >= 0.6 is 0 Å². The van der Waals surface area contributed by atoms with Gasteiger partial charge in [-0.3, -0.25) is 14.4 Å². The van der Waals surface area contributed by atoms with Crippen LogP contribution in [-0.4, -0.2) is 37.2 Å². The van der Waals surface area contributed by atoms with Crippen LogP contribution in [0.2, 0.25) is 0 Å². The zero-order valence-electron chi connectivity index (χ0n) is 43.1. The van der Waals surface area contributed by atoms with Crippen LogP contribution in [0.25, 0.3) is 0 Å². The van der Waals surface area contributed by atoms with Crippen molar-refractivity contribution in [3.8, 4) is 0 Å². The Morgan fingerprint density at radius 3 is 0.875 bits per heavy atom. The van der Waals surface area contributed by atoms with E-state index in [1.807, 2.05) is 0 Å². The summed E-state index contributed by atoms with van der Waals surface area (Å²) >= 11 is 0. The van der Waals surface area contributed by atoms with Gasteiger partial charge in [0.25, 0.3) is 0 Å². The van der Waals surface area contributed by atoms with E-state index < -0.39 is 6.10 Å². The molecule has 0 fully saturated rings. The topological polar surface area (TPSA) is 78.9 Å². The molecule has 0 heterocycles. The minimum Gasteiger partial charge on any atom is -0.462 e. The SMILES string of the molecule is CCCCCC/C=C\C/C=C\CCCCCCCCCC(=O)OCC(COC(=O)CCCCCCCCCCCCC)OC(=O)CCCCCCCCCCCCCCCCCCC. The summed E-state index contributed by atoms with van der Waals surface area (Å²) in [6.45, 7) is 6.65. The number of hydrogen-bond acceptors (Lipinski definition) is 6. The van der Waals surface area contributed by atoms with Gasteiger partial charge >= 0.3 is 17.9 Å². The maximum absolute atomic E-state index is 12.8. The van der Waals surface area contributed by atoms with Gasteiger partial charge in [-0.2, -0.15) is 0 Å². The van der Waals surface area contributed by atoms with Gasteiger partial charge in [-0.1, -0.05) is 263 Å². The van der Waals surface area contributed by atoms with Crippen molar-refractivity contribution in [3.05, 3.63) is 24.3 Å². The van der Waals surface area contributed by atoms with Gasteiger partial charge in [0.05, 0.1) is 0 Å². The summed E-state index contributed by atoms with van der Waals surface area (Å²) in [4.78, 5) is 38.1. The Bertz CT molecular complexity index is 1040. The van der Waals surface area contributed by atoms with E-state index in [0.717, 1.165) is 70.6 Å². The summed E-state index contributed by atoms with van der Waals surface area (Å²) in [6.07, 6.45) is 61.6. The van der Waals surface area contributed by atoms with E-state index in [0.29, 0.717) is 19.3 Å². The molecular formula is C58H108O6. The number of carbonyl (C=O) groups is 3. The molecule has 1 unspecified atom stereocenters. The largest absolute Gasteiger partial charge is 0.462 e. The van der Waals surface area contributed by atoms with Crippen LogP contribution in [0.5, 0.6) is 0 Å². The third-order valence-corrected chi connectivity index (χ3v) is 12.7. The van der Waals surface area contributed by atoms with E-state index in [4.69, 9.17) is 14.2 Å². The molecule has 0 saturated carbocycles. The lowest BCUT2D eigenvalue weighted by molar-refractivity contribution is -0.167. The first-order valence-electron chi connectivity index (χ1n) is 28.3. The van der Waals surface area contributed by atoms with Crippen molar-refractivity contribution in [3.63, 3.8) is 0 Å². The van der Waals surface area contributed by atoms with Gasteiger partial charge in [-0.25, -0.2) is 0 Å². The van der Waals surface area contributed by atoms with Crippen molar-refractivity contribution >= 4 is 17.9 Å². The molecule has 64 heavy (non-hydrogen) atoms. The van der Waals surface area contributed by atoms with Crippen molar-refractivity contribution in [2.75, 3.05) is 13.2 Å². The fourth-order valence-electron chi connectivity index (χ4n) is 8.42. The maximum atomic E-state index is 12.8. The summed E-state index contributed by atoms with van der Waals surface area (Å²) in [5, 5.41) is 0. The fourth-order valence-corrected chi connectivity index (χ4v) is 8.42. The number of allylic oxidation sites excluding steroid dienone is 4. The maximum Gasteiger partial charge on any atom is 0.306 e. The molecule has 0 aliphatic heterocycles. The molecule has 0 spiro atoms. The van der Waals surface area contributed by atoms with E-state index in [2.05, 4.69) is 45.1 Å². The first kappa shape index (κ1) is 61.9. The van der Waals surface area contributed by atoms with Gasteiger partial charge < -0.3 is 14.2 Å². The van der Waals surface area contributed by atoms with Gasteiger partial charge in [0, 0.05) is 19.3 Å². The molecule has 0 amide bonds. The average Bonchev–Trinajstić information content (AvgIpc) is 3.29. The van der Waals surface area contributed by atoms with Crippen LogP contribution in [0.1, 0.15) is 310 Å². The second-order valence-corrected chi connectivity index (χ2v) is 19.2. The molecule has 0 saturated heterocycles. The summed E-state index contributed by atoms with van der Waals surface area (Å²) < 4.78 is 16.9. The molecule has 6 nitrogen and oxygen atoms in total. The molecule has 0 N–H and O–H groups in total. The number of hydrogen-bond donors (Lipinski definition) is 0. The van der Waals surface area contributed by atoms with E-state index in [-0.39, 0.29) is 31.1 Å². The minimum atomic E-state index is -0.768. The van der Waals surface area contributed by atoms with Crippen molar-refractivity contribution in [1.29, 1.82) is 0 Å². The van der Waals surface area contributed by atoms with Gasteiger partial charge in [0.15, 0.2) is 6.10 Å². The Morgan fingerprint density at radius 2 is 0.562 bits per heavy atom. The molecule has 0 aliphatic rings. The van der Waals surface area contributed by atoms with Gasteiger partial charge in [0.1, 0.15) is 13.2 Å². The van der Waals surface area contributed by atoms with Crippen LogP contribution in [0.4, 0.5) is 0 Å². The standard InChI is InChI=1S/C58H108O6/c1-4-7-10-13-16-19-22-24-26-28-30-31-33-36-39-42-45-48-51-57(60)63-54-55(53-62-56(59)50-47-44-41-38-35-21-18-15-12-9-6-3)64-58(61)52-49-46-43-40-37-34-32-29-27-25-23-20-17-14-11-8-5-2/h19,22,26,28,55H,4-18,20-21,23-25,27,29-54H2,1-3H3/b22-19-,28-26-. The van der Waals surface area contributed by atoms with Crippen molar-refractivity contribution in [1.82, 2.24) is 0 Å². The van der Waals surface area contributed by atoms with E-state index in [1.165, 1.54) is 199 Å². The number of unbranched alkanes of at least 4 members (excludes halogenated alkanes) is 37. The highest BCUT2D eigenvalue weighted by Crippen LogP contribution is 2.17. The molecule has 0 aromatic carbocycles. The lowest BCUT2D eigenvalue weighted by atomic mass is 10.0. The highest BCUT2D eigenvalue weighted by atomic mass is 16.6. The zero-order valence-corrected chi connectivity index (χ0v) is 43.1. The zero-order chi connectivity index (χ0) is 46.5. The highest BCUT2D eigenvalue weighted by Gasteiger charge is 2.19. The van der Waals surface area contributed by atoms with E-state index >= 15 is 0 Å². The van der Waals surface area contributed by atoms with Crippen molar-refractivity contribution in [2.45, 2.75) is 316 Å². The van der Waals surface area contributed by atoms with E-state index in [1.54, 1.807) is 0 Å². The first-order valence-corrected chi connectivity index (χ1v) is 28.3. The van der Waals surface area contributed by atoms with Crippen LogP contribution in [0.15, 0.2) is 24.3 Å². The molecule has 0 bridgehead atoms. The molecule has 0 aliphatic carbocycles. The third-order valence-electron chi connectivity index (χ3n) is 12.7. The van der Waals surface area contributed by atoms with Gasteiger partial charge in [-0.15, -0.1) is 0 Å². The van der Waals surface area contributed by atoms with Gasteiger partial charge in [0.2, 0.25) is 0 Å². The number of ether oxygens (including phenoxy) is 3. The first-order chi connectivity index (χ1) is 31.5. The van der Waals surface area contributed by atoms with Crippen molar-refractivity contribution in [2.24, 2.45) is 0 Å². The second kappa shape index (κ2) is 53.5. The molecule has 6 heteroatoms. The van der Waals surface area contributed by atoms with Gasteiger partial charge in [-0.05, 0) is 51.4 Å². The van der Waals surface area contributed by atoms with Crippen LogP contribution in [-0.2, 0) is 28.6 Å². The lowest BCUT2D eigenvalue weighted by Gasteiger charge is -2.18. The molecule has 0 rings (SSSR count). The molecule has 376 valence electrons. The molecule has 1 atom stereocenters. The fraction of sp³-hybridized carbons (Fsp3) is 0.879. The number of carbonyl (C=O) groups excluding carboxylic acids is 3. The quantitative estimate of drug-likeness (QED) is 0.0262. The second-order valence-electron chi connectivity index (χ2n) is 19.2. The Balaban J connectivity index is 4.30. The predicted octanol–water partition coefficient (Wildman–Crippen LogP) is 18.7. The smallest absolute Gasteiger partial charge is 0.306 e. The normalized spacial score (nSPS) is 12.1. The summed E-state index contributed by atoms with van der Waals surface area (Å²) in [5.41, 5.74) is 0. The third kappa shape index (κ3) is 50.9. The number of esters is 3. The molecular weight excluding hydrogens is 793 g/mol. The molecule has 0 radical (unpaired) electrons. The average molecular weight is 901 g/mol. The van der Waals surface area contributed by atoms with Crippen LogP contribution in [0.3, 0.4) is 0 Å². The van der Waals surface area contributed by atoms with Crippen LogP contribution in [0, 0.1) is 0 Å². The Morgan fingerprint density at radius 1 is 0.312 bits per heavy atom. The Hall–Kier alpha value is -2.11. The lowest BCUT2D eigenvalue weighted by Crippen LogP contribution is -2.30. The highest BCUT2D eigenvalue weighted by molar-refractivity contribution is 5.71. The minimum absolute atomic E-state index is 0.0685. The molecule has 0 aromatic rings. The van der Waals surface area contributed by atoms with Crippen LogP contribution < -0.4 is 0 Å². The Kier molecular flexibility index (Phi) is 51.7. The molecule has 0 aromatic heterocycles. The summed E-state index contributed by atoms with van der Waals surface area (Å²) in [5.74, 6) is -0.858. The monoisotopic (exact) mass is 901 g/mol. The number of rotatable bonds is 52. The van der Waals surface area contributed by atoms with E-state index in [9.17, 15) is 14.4 Å². The Labute approximate surface area is 398 Å². The summed E-state index contributed by atoms with van der Waals surface area (Å²) in [6, 6.07) is 0. The summed E-state index contributed by atoms with van der Waals surface area (Å²) in [7, 11) is 0. The van der Waals surface area contributed by atoms with Crippen molar-refractivity contribution < 1.29 is 28.6 Å². The predicted molar refractivity (Wildman–Crippen MR) is 275 cm³/mol.